The van der Waals surface area contributed by atoms with Crippen LogP contribution < -0.4 is 5.32 Å². The molecule has 1 amide bonds. The van der Waals surface area contributed by atoms with Gasteiger partial charge in [0.1, 0.15) is 5.82 Å². The van der Waals surface area contributed by atoms with Gasteiger partial charge in [-0.3, -0.25) is 4.79 Å². The van der Waals surface area contributed by atoms with E-state index >= 15 is 0 Å². The van der Waals surface area contributed by atoms with E-state index in [9.17, 15) is 4.79 Å². The van der Waals surface area contributed by atoms with Crippen LogP contribution in [0.5, 0.6) is 0 Å². The zero-order chi connectivity index (χ0) is 20.5. The summed E-state index contributed by atoms with van der Waals surface area (Å²) in [5.41, 5.74) is 3.45. The van der Waals surface area contributed by atoms with Crippen LogP contribution in [0.15, 0.2) is 60.7 Å². The predicted octanol–water partition coefficient (Wildman–Crippen LogP) is 5.23. The van der Waals surface area contributed by atoms with Crippen LogP contribution in [0.4, 0.5) is 0 Å². The van der Waals surface area contributed by atoms with Gasteiger partial charge in [0.25, 0.3) is 0 Å². The van der Waals surface area contributed by atoms with Gasteiger partial charge in [-0.1, -0.05) is 74.9 Å². The molecule has 0 bridgehead atoms. The summed E-state index contributed by atoms with van der Waals surface area (Å²) in [4.78, 5) is 16.5. The third kappa shape index (κ3) is 6.05. The number of nitrogens with zero attached hydrogens (tertiary/aromatic N) is 2. The maximum absolute atomic E-state index is 11.6. The number of hydrogen-bond acceptors (Lipinski definition) is 2. The van der Waals surface area contributed by atoms with Gasteiger partial charge in [0.15, 0.2) is 0 Å². The molecule has 0 saturated heterocycles. The normalized spacial score (nSPS) is 11.6. The first kappa shape index (κ1) is 20.8. The average molecular weight is 390 g/mol. The van der Waals surface area contributed by atoms with Gasteiger partial charge in [-0.15, -0.1) is 0 Å². The van der Waals surface area contributed by atoms with Gasteiger partial charge >= 0.3 is 0 Å². The zero-order valence-corrected chi connectivity index (χ0v) is 17.5. The molecule has 0 aliphatic heterocycles. The van der Waals surface area contributed by atoms with Gasteiger partial charge in [0.05, 0.1) is 11.0 Å². The molecule has 3 rings (SSSR count). The third-order valence-electron chi connectivity index (χ3n) is 5.03. The monoisotopic (exact) mass is 389 g/mol. The van der Waals surface area contributed by atoms with Crippen molar-refractivity contribution in [2.24, 2.45) is 5.92 Å². The lowest BCUT2D eigenvalue weighted by molar-refractivity contribution is -0.123. The summed E-state index contributed by atoms with van der Waals surface area (Å²) >= 11 is 0. The lowest BCUT2D eigenvalue weighted by Crippen LogP contribution is -2.28. The molecule has 4 heteroatoms. The molecule has 0 unspecified atom stereocenters. The molecular weight excluding hydrogens is 358 g/mol. The Morgan fingerprint density at radius 1 is 1.03 bits per heavy atom. The van der Waals surface area contributed by atoms with Crippen molar-refractivity contribution in [3.8, 4) is 0 Å². The second-order valence-electron chi connectivity index (χ2n) is 7.70. The van der Waals surface area contributed by atoms with Crippen LogP contribution in [0.1, 0.15) is 44.5 Å². The number of para-hydroxylation sites is 2. The van der Waals surface area contributed by atoms with Crippen molar-refractivity contribution in [3.63, 3.8) is 0 Å². The number of allylic oxidation sites excluding steroid dienone is 1. The van der Waals surface area contributed by atoms with Crippen molar-refractivity contribution in [3.05, 3.63) is 72.1 Å². The summed E-state index contributed by atoms with van der Waals surface area (Å²) in [7, 11) is 0. The van der Waals surface area contributed by atoms with E-state index in [4.69, 9.17) is 4.98 Å². The summed E-state index contributed by atoms with van der Waals surface area (Å²) in [5.74, 6) is 1.32. The fourth-order valence-corrected chi connectivity index (χ4v) is 3.38. The fraction of sp³-hybridized carbons (Fsp3) is 0.360. The maximum Gasteiger partial charge on any atom is 0.222 e. The van der Waals surface area contributed by atoms with E-state index in [1.807, 2.05) is 26.0 Å². The Hall–Kier alpha value is -2.88. The van der Waals surface area contributed by atoms with E-state index in [0.29, 0.717) is 0 Å². The van der Waals surface area contributed by atoms with Crippen LogP contribution in [-0.4, -0.2) is 22.0 Å². The first-order valence-electron chi connectivity index (χ1n) is 10.6. The molecule has 0 fully saturated rings. The predicted molar refractivity (Wildman–Crippen MR) is 121 cm³/mol. The van der Waals surface area contributed by atoms with Gasteiger partial charge < -0.3 is 9.88 Å². The Morgan fingerprint density at radius 2 is 1.79 bits per heavy atom. The third-order valence-corrected chi connectivity index (χ3v) is 5.03. The Bertz CT molecular complexity index is 941. The molecular formula is C25H31N3O. The number of benzene rings is 2. The molecule has 0 radical (unpaired) electrons. The van der Waals surface area contributed by atoms with Crippen LogP contribution in [0.2, 0.25) is 0 Å². The number of imidazole rings is 1. The highest BCUT2D eigenvalue weighted by molar-refractivity contribution is 5.77. The summed E-state index contributed by atoms with van der Waals surface area (Å²) < 4.78 is 2.31. The minimum absolute atomic E-state index is 0.0545. The van der Waals surface area contributed by atoms with Crippen molar-refractivity contribution < 1.29 is 4.79 Å². The molecule has 29 heavy (non-hydrogen) atoms. The van der Waals surface area contributed by atoms with Crippen LogP contribution in [-0.2, 0) is 17.8 Å². The number of nitrogens with one attached hydrogen (secondary N) is 1. The molecule has 1 heterocycles. The molecule has 4 nitrogen and oxygen atoms in total. The molecule has 0 aliphatic carbocycles. The molecule has 152 valence electrons. The highest BCUT2D eigenvalue weighted by Gasteiger charge is 2.09. The number of carbonyl (C=O) groups excluding carboxylic acids is 1. The Labute approximate surface area is 173 Å². The van der Waals surface area contributed by atoms with Crippen molar-refractivity contribution in [1.82, 2.24) is 14.9 Å². The van der Waals surface area contributed by atoms with Crippen LogP contribution in [0.25, 0.3) is 17.1 Å². The van der Waals surface area contributed by atoms with Gasteiger partial charge in [0.2, 0.25) is 5.91 Å². The molecule has 2 aromatic carbocycles. The Kier molecular flexibility index (Phi) is 7.62. The van der Waals surface area contributed by atoms with Gasteiger partial charge in [-0.2, -0.15) is 0 Å². The smallest absolute Gasteiger partial charge is 0.222 e. The fourth-order valence-electron chi connectivity index (χ4n) is 3.38. The summed E-state index contributed by atoms with van der Waals surface area (Å²) in [5, 5.41) is 2.99. The van der Waals surface area contributed by atoms with Crippen LogP contribution in [0.3, 0.4) is 0 Å². The molecule has 0 saturated carbocycles. The van der Waals surface area contributed by atoms with E-state index in [2.05, 4.69) is 64.5 Å². The van der Waals surface area contributed by atoms with E-state index in [1.54, 1.807) is 0 Å². The summed E-state index contributed by atoms with van der Waals surface area (Å²) in [6.07, 6.45) is 8.48. The standard InChI is InChI=1S/C25H31N3O/c1-20(2)25(29)26-18-10-4-7-17-24-27-22-15-8-9-16-23(22)28(24)19-11-14-21-12-5-3-6-13-21/h3,5-6,8-9,11-16,20H,4,7,10,17-19H2,1-2H3,(H,26,29)/b14-11+. The summed E-state index contributed by atoms with van der Waals surface area (Å²) in [6.45, 7) is 5.42. The number of fused-ring (bicyclic) bond motifs is 1. The quantitative estimate of drug-likeness (QED) is 0.482. The number of rotatable bonds is 10. The lowest BCUT2D eigenvalue weighted by Gasteiger charge is -2.08. The number of unbranched alkanes of at least 4 members (excludes halogenated alkanes) is 2. The largest absolute Gasteiger partial charge is 0.356 e. The van der Waals surface area contributed by atoms with Crippen molar-refractivity contribution in [2.45, 2.75) is 46.1 Å². The van der Waals surface area contributed by atoms with Gasteiger partial charge in [0, 0.05) is 25.4 Å². The zero-order valence-electron chi connectivity index (χ0n) is 17.5. The molecule has 0 spiro atoms. The van der Waals surface area contributed by atoms with Crippen LogP contribution in [0, 0.1) is 5.92 Å². The molecule has 1 N–H and O–H groups in total. The SMILES string of the molecule is CC(C)C(=O)NCCCCCc1nc2ccccc2n1C/C=C/c1ccccc1. The van der Waals surface area contributed by atoms with Crippen molar-refractivity contribution >= 4 is 23.0 Å². The second-order valence-corrected chi connectivity index (χ2v) is 7.70. The highest BCUT2D eigenvalue weighted by atomic mass is 16.1. The van der Waals surface area contributed by atoms with E-state index < -0.39 is 0 Å². The number of carbonyl (C=O) groups is 1. The molecule has 0 atom stereocenters. The highest BCUT2D eigenvalue weighted by Crippen LogP contribution is 2.18. The molecule has 0 aliphatic rings. The average Bonchev–Trinajstić information content (AvgIpc) is 3.08. The number of hydrogen-bond donors (Lipinski definition) is 1. The number of aromatic nitrogens is 2. The lowest BCUT2D eigenvalue weighted by atomic mass is 10.1. The van der Waals surface area contributed by atoms with Gasteiger partial charge in [-0.25, -0.2) is 4.98 Å². The van der Waals surface area contributed by atoms with Crippen molar-refractivity contribution in [2.75, 3.05) is 6.54 Å². The van der Waals surface area contributed by atoms with E-state index in [1.165, 1.54) is 11.1 Å². The molecule has 3 aromatic rings. The first-order valence-corrected chi connectivity index (χ1v) is 10.6. The van der Waals surface area contributed by atoms with E-state index in [0.717, 1.165) is 50.1 Å². The minimum Gasteiger partial charge on any atom is -0.356 e. The topological polar surface area (TPSA) is 46.9 Å². The number of aryl methyl sites for hydroxylation is 1. The Morgan fingerprint density at radius 3 is 2.59 bits per heavy atom. The van der Waals surface area contributed by atoms with Crippen LogP contribution >= 0.6 is 0 Å². The Balaban J connectivity index is 1.58. The second kappa shape index (κ2) is 10.6. The van der Waals surface area contributed by atoms with E-state index in [-0.39, 0.29) is 11.8 Å². The van der Waals surface area contributed by atoms with Crippen molar-refractivity contribution in [1.29, 1.82) is 0 Å². The van der Waals surface area contributed by atoms with Gasteiger partial charge in [-0.05, 0) is 30.5 Å². The molecule has 1 aromatic heterocycles. The maximum atomic E-state index is 11.6. The first-order chi connectivity index (χ1) is 14.1. The number of amides is 1. The minimum atomic E-state index is 0.0545. The summed E-state index contributed by atoms with van der Waals surface area (Å²) in [6, 6.07) is 18.7.